The minimum atomic E-state index is -3.48. The maximum atomic E-state index is 10.8. The Balaban J connectivity index is 2.78. The van der Waals surface area contributed by atoms with E-state index in [0.717, 1.165) is 12.8 Å². The molecule has 0 bridgehead atoms. The van der Waals surface area contributed by atoms with Gasteiger partial charge in [-0.3, -0.25) is 0 Å². The average molecular weight is 187 g/mol. The van der Waals surface area contributed by atoms with E-state index in [9.17, 15) is 8.42 Å². The maximum Gasteiger partial charge on any atom is 0.237 e. The highest BCUT2D eigenvalue weighted by atomic mass is 32.2. The fourth-order valence-corrected chi connectivity index (χ4v) is 1.76. The molecule has 68 valence electrons. The number of rotatable bonds is 2. The summed E-state index contributed by atoms with van der Waals surface area (Å²) < 4.78 is 21.7. The molecule has 0 aliphatic heterocycles. The van der Waals surface area contributed by atoms with Crippen molar-refractivity contribution in [2.45, 2.75) is 19.8 Å². The molecule has 0 spiro atoms. The molecule has 1 unspecified atom stereocenters. The first-order valence-corrected chi connectivity index (χ1v) is 5.50. The van der Waals surface area contributed by atoms with E-state index in [1.807, 2.05) is 6.08 Å². The van der Waals surface area contributed by atoms with E-state index in [2.05, 4.69) is 6.92 Å². The van der Waals surface area contributed by atoms with Crippen LogP contribution in [0.25, 0.3) is 0 Å². The third-order valence-electron chi connectivity index (χ3n) is 2.01. The largest absolute Gasteiger partial charge is 0.237 e. The van der Waals surface area contributed by atoms with Crippen molar-refractivity contribution >= 4 is 10.0 Å². The topological polar surface area (TPSA) is 60.2 Å². The molecule has 0 saturated heterocycles. The molecule has 0 heterocycles. The first-order chi connectivity index (χ1) is 5.54. The van der Waals surface area contributed by atoms with Crippen LogP contribution in [-0.2, 0) is 10.0 Å². The van der Waals surface area contributed by atoms with E-state index in [0.29, 0.717) is 5.92 Å². The Kier molecular flexibility index (Phi) is 2.69. The molecule has 1 atom stereocenters. The van der Waals surface area contributed by atoms with E-state index in [1.54, 1.807) is 12.2 Å². The number of allylic oxidation sites excluding steroid dienone is 3. The highest BCUT2D eigenvalue weighted by Crippen LogP contribution is 2.20. The molecule has 0 aromatic carbocycles. The highest BCUT2D eigenvalue weighted by Gasteiger charge is 2.13. The van der Waals surface area contributed by atoms with Gasteiger partial charge in [-0.1, -0.05) is 19.1 Å². The van der Waals surface area contributed by atoms with Gasteiger partial charge >= 0.3 is 0 Å². The molecule has 3 nitrogen and oxygen atoms in total. The summed E-state index contributed by atoms with van der Waals surface area (Å²) in [5.74, 6) is 0.468. The second-order valence-electron chi connectivity index (χ2n) is 2.91. The lowest BCUT2D eigenvalue weighted by Crippen LogP contribution is -2.15. The predicted molar refractivity (Wildman–Crippen MR) is 48.7 cm³/mol. The third kappa shape index (κ3) is 2.19. The van der Waals surface area contributed by atoms with Gasteiger partial charge in [-0.05, 0) is 24.8 Å². The van der Waals surface area contributed by atoms with Crippen LogP contribution in [0.4, 0.5) is 0 Å². The van der Waals surface area contributed by atoms with Crippen LogP contribution >= 0.6 is 0 Å². The van der Waals surface area contributed by atoms with Gasteiger partial charge < -0.3 is 0 Å². The van der Waals surface area contributed by atoms with Gasteiger partial charge in [0, 0.05) is 0 Å². The molecule has 12 heavy (non-hydrogen) atoms. The van der Waals surface area contributed by atoms with E-state index >= 15 is 0 Å². The third-order valence-corrected chi connectivity index (χ3v) is 2.97. The smallest absolute Gasteiger partial charge is 0.225 e. The summed E-state index contributed by atoms with van der Waals surface area (Å²) in [5.41, 5.74) is 0. The Bertz CT molecular complexity index is 314. The molecule has 0 saturated carbocycles. The van der Waals surface area contributed by atoms with Crippen LogP contribution in [0.3, 0.4) is 0 Å². The number of nitrogens with two attached hydrogens (primary N) is 1. The first-order valence-electron chi connectivity index (χ1n) is 3.95. The quantitative estimate of drug-likeness (QED) is 0.704. The number of hydrogen-bond donors (Lipinski definition) is 1. The fraction of sp³-hybridized carbons (Fsp3) is 0.500. The molecule has 0 amide bonds. The van der Waals surface area contributed by atoms with Crippen LogP contribution in [0.5, 0.6) is 0 Å². The summed E-state index contributed by atoms with van der Waals surface area (Å²) in [6.45, 7) is 2.07. The lowest BCUT2D eigenvalue weighted by Gasteiger charge is -2.12. The lowest BCUT2D eigenvalue weighted by atomic mass is 9.98. The van der Waals surface area contributed by atoms with E-state index in [1.165, 1.54) is 0 Å². The standard InChI is InChI=1S/C8H13NO2S/c1-2-7-3-5-8(6-4-7)12(9,10)11/h3,5-7H,2,4H2,1H3,(H2,9,10,11). The Morgan fingerprint density at radius 2 is 2.33 bits per heavy atom. The zero-order valence-electron chi connectivity index (χ0n) is 7.03. The average Bonchev–Trinajstić information content (AvgIpc) is 2.03. The van der Waals surface area contributed by atoms with Gasteiger partial charge in [-0.15, -0.1) is 0 Å². The van der Waals surface area contributed by atoms with Gasteiger partial charge in [0.2, 0.25) is 10.0 Å². The lowest BCUT2D eigenvalue weighted by molar-refractivity contribution is 0.600. The minimum absolute atomic E-state index is 0.243. The van der Waals surface area contributed by atoms with E-state index < -0.39 is 10.0 Å². The van der Waals surface area contributed by atoms with Gasteiger partial charge in [-0.25, -0.2) is 13.6 Å². The summed E-state index contributed by atoms with van der Waals surface area (Å²) in [6, 6.07) is 0. The second kappa shape index (κ2) is 3.41. The molecule has 0 aromatic heterocycles. The monoisotopic (exact) mass is 187 g/mol. The molecule has 2 N–H and O–H groups in total. The van der Waals surface area contributed by atoms with Crippen LogP contribution in [0.15, 0.2) is 23.1 Å². The molecular weight excluding hydrogens is 174 g/mol. The molecule has 0 radical (unpaired) electrons. The molecule has 1 aliphatic rings. The van der Waals surface area contributed by atoms with E-state index in [4.69, 9.17) is 5.14 Å². The summed E-state index contributed by atoms with van der Waals surface area (Å²) in [5, 5.41) is 4.95. The van der Waals surface area contributed by atoms with Crippen LogP contribution in [0.2, 0.25) is 0 Å². The number of sulfonamides is 1. The van der Waals surface area contributed by atoms with Gasteiger partial charge in [-0.2, -0.15) is 0 Å². The van der Waals surface area contributed by atoms with Gasteiger partial charge in [0.05, 0.1) is 4.91 Å². The summed E-state index contributed by atoms with van der Waals surface area (Å²) in [6.07, 6.45) is 6.99. The van der Waals surface area contributed by atoms with Crippen molar-refractivity contribution in [1.29, 1.82) is 0 Å². The SMILES string of the molecule is CCC1C=CC(S(N)(=O)=O)=CC1. The van der Waals surface area contributed by atoms with Crippen molar-refractivity contribution in [2.24, 2.45) is 11.1 Å². The Labute approximate surface area is 73.0 Å². The Morgan fingerprint density at radius 3 is 2.67 bits per heavy atom. The first kappa shape index (κ1) is 9.48. The molecule has 4 heteroatoms. The maximum absolute atomic E-state index is 10.8. The van der Waals surface area contributed by atoms with Gasteiger partial charge in [0.15, 0.2) is 0 Å². The van der Waals surface area contributed by atoms with Crippen molar-refractivity contribution in [3.63, 3.8) is 0 Å². The van der Waals surface area contributed by atoms with Crippen molar-refractivity contribution in [3.8, 4) is 0 Å². The van der Waals surface area contributed by atoms with E-state index in [-0.39, 0.29) is 4.91 Å². The van der Waals surface area contributed by atoms with Crippen molar-refractivity contribution in [3.05, 3.63) is 23.1 Å². The predicted octanol–water partition coefficient (Wildman–Crippen LogP) is 1.14. The van der Waals surface area contributed by atoms with Crippen LogP contribution in [0.1, 0.15) is 19.8 Å². The van der Waals surface area contributed by atoms with Gasteiger partial charge in [0.1, 0.15) is 0 Å². The highest BCUT2D eigenvalue weighted by molar-refractivity contribution is 7.93. The molecule has 0 fully saturated rings. The summed E-state index contributed by atoms with van der Waals surface area (Å²) >= 11 is 0. The molecule has 0 aromatic rings. The summed E-state index contributed by atoms with van der Waals surface area (Å²) in [7, 11) is -3.48. The minimum Gasteiger partial charge on any atom is -0.225 e. The van der Waals surface area contributed by atoms with Crippen molar-refractivity contribution < 1.29 is 8.42 Å². The normalized spacial score (nSPS) is 23.8. The Hall–Kier alpha value is -0.610. The van der Waals surface area contributed by atoms with Crippen molar-refractivity contribution in [2.75, 3.05) is 0 Å². The van der Waals surface area contributed by atoms with Crippen LogP contribution in [-0.4, -0.2) is 8.42 Å². The Morgan fingerprint density at radius 1 is 1.67 bits per heavy atom. The van der Waals surface area contributed by atoms with Gasteiger partial charge in [0.25, 0.3) is 0 Å². The molecule has 1 rings (SSSR count). The van der Waals surface area contributed by atoms with Crippen LogP contribution in [0, 0.1) is 5.92 Å². The van der Waals surface area contributed by atoms with Crippen molar-refractivity contribution in [1.82, 2.24) is 0 Å². The fourth-order valence-electron chi connectivity index (χ4n) is 1.16. The zero-order valence-corrected chi connectivity index (χ0v) is 7.84. The zero-order chi connectivity index (χ0) is 9.19. The number of primary sulfonamides is 1. The number of hydrogen-bond acceptors (Lipinski definition) is 2. The second-order valence-corrected chi connectivity index (χ2v) is 4.48. The molecule has 1 aliphatic carbocycles. The summed E-state index contributed by atoms with van der Waals surface area (Å²) in [4.78, 5) is 0.243. The molecular formula is C8H13NO2S. The van der Waals surface area contributed by atoms with Crippen LogP contribution < -0.4 is 5.14 Å².